The van der Waals surface area contributed by atoms with Crippen LogP contribution in [0.1, 0.15) is 31.4 Å². The molecule has 3 rings (SSSR count). The van der Waals surface area contributed by atoms with Gasteiger partial charge in [0.15, 0.2) is 0 Å². The summed E-state index contributed by atoms with van der Waals surface area (Å²) in [4.78, 5) is 0. The number of hydrogen-bond acceptors (Lipinski definition) is 0. The third-order valence-corrected chi connectivity index (χ3v) is 4.62. The zero-order chi connectivity index (χ0) is 16.8. The van der Waals surface area contributed by atoms with E-state index in [1.54, 1.807) is 0 Å². The van der Waals surface area contributed by atoms with E-state index in [1.165, 1.54) is 33.4 Å². The van der Waals surface area contributed by atoms with Crippen LogP contribution in [0, 0.1) is 0 Å². The fourth-order valence-electron chi connectivity index (χ4n) is 3.15. The van der Waals surface area contributed by atoms with Gasteiger partial charge in [-0.25, -0.2) is 0 Å². The lowest BCUT2D eigenvalue weighted by molar-refractivity contribution is 1.01. The zero-order valence-electron chi connectivity index (χ0n) is 14.5. The quantitative estimate of drug-likeness (QED) is 0.487. The van der Waals surface area contributed by atoms with Crippen LogP contribution in [0.3, 0.4) is 0 Å². The fourth-order valence-corrected chi connectivity index (χ4v) is 3.15. The third kappa shape index (κ3) is 3.83. The molecule has 0 aliphatic heterocycles. The van der Waals surface area contributed by atoms with Gasteiger partial charge in [-0.3, -0.25) is 0 Å². The summed E-state index contributed by atoms with van der Waals surface area (Å²) < 4.78 is 0. The second kappa shape index (κ2) is 7.79. The number of hydrogen-bond donors (Lipinski definition) is 0. The van der Waals surface area contributed by atoms with Crippen LogP contribution in [0.4, 0.5) is 0 Å². The summed E-state index contributed by atoms with van der Waals surface area (Å²) >= 11 is 0. The maximum absolute atomic E-state index is 2.32. The van der Waals surface area contributed by atoms with Crippen molar-refractivity contribution in [2.45, 2.75) is 26.7 Å². The van der Waals surface area contributed by atoms with E-state index in [9.17, 15) is 0 Å². The van der Waals surface area contributed by atoms with E-state index in [1.807, 2.05) is 0 Å². The largest absolute Gasteiger partial charge is 0.0626 e. The van der Waals surface area contributed by atoms with E-state index in [0.29, 0.717) is 0 Å². The highest BCUT2D eigenvalue weighted by Gasteiger charge is 2.06. The molecule has 0 nitrogen and oxygen atoms in total. The van der Waals surface area contributed by atoms with Gasteiger partial charge in [0.05, 0.1) is 0 Å². The second-order valence-electron chi connectivity index (χ2n) is 6.19. The lowest BCUT2D eigenvalue weighted by atomic mass is 9.93. The molecule has 0 heteroatoms. The van der Waals surface area contributed by atoms with E-state index in [-0.39, 0.29) is 0 Å². The molecule has 0 unspecified atom stereocenters. The van der Waals surface area contributed by atoms with E-state index < -0.39 is 0 Å². The van der Waals surface area contributed by atoms with Crippen molar-refractivity contribution in [2.75, 3.05) is 0 Å². The van der Waals surface area contributed by atoms with Crippen LogP contribution < -0.4 is 0 Å². The van der Waals surface area contributed by atoms with E-state index in [2.05, 4.69) is 98.8 Å². The lowest BCUT2D eigenvalue weighted by Crippen LogP contribution is -1.94. The summed E-state index contributed by atoms with van der Waals surface area (Å²) in [7, 11) is 0. The van der Waals surface area contributed by atoms with Gasteiger partial charge in [-0.15, -0.1) is 0 Å². The molecular weight excluding hydrogens is 288 g/mol. The minimum atomic E-state index is 1.01. The molecule has 0 saturated carbocycles. The molecule has 120 valence electrons. The van der Waals surface area contributed by atoms with Crippen molar-refractivity contribution in [3.8, 4) is 11.1 Å². The Morgan fingerprint density at radius 1 is 0.708 bits per heavy atom. The van der Waals surface area contributed by atoms with Gasteiger partial charge in [0, 0.05) is 0 Å². The van der Waals surface area contributed by atoms with Crippen LogP contribution in [-0.4, -0.2) is 0 Å². The number of rotatable bonds is 5. The monoisotopic (exact) mass is 312 g/mol. The minimum Gasteiger partial charge on any atom is -0.0626 e. The van der Waals surface area contributed by atoms with Crippen molar-refractivity contribution in [1.82, 2.24) is 0 Å². The highest BCUT2D eigenvalue weighted by atomic mass is 14.1. The Hall–Kier alpha value is -2.60. The van der Waals surface area contributed by atoms with Crippen molar-refractivity contribution < 1.29 is 0 Å². The molecule has 3 aromatic carbocycles. The molecule has 0 atom stereocenters. The van der Waals surface area contributed by atoms with Crippen LogP contribution in [0.25, 0.3) is 16.7 Å². The van der Waals surface area contributed by atoms with Gasteiger partial charge in [-0.1, -0.05) is 97.4 Å². The van der Waals surface area contributed by atoms with Gasteiger partial charge in [-0.2, -0.15) is 0 Å². The zero-order valence-corrected chi connectivity index (χ0v) is 14.5. The first kappa shape index (κ1) is 16.3. The molecule has 0 spiro atoms. The Balaban J connectivity index is 1.90. The fraction of sp³-hybridized carbons (Fsp3) is 0.167. The smallest absolute Gasteiger partial charge is 0.00611 e. The number of benzene rings is 3. The first-order valence-electron chi connectivity index (χ1n) is 8.66. The minimum absolute atomic E-state index is 1.01. The van der Waals surface area contributed by atoms with Gasteiger partial charge >= 0.3 is 0 Å². The van der Waals surface area contributed by atoms with Crippen LogP contribution >= 0.6 is 0 Å². The van der Waals surface area contributed by atoms with E-state index in [0.717, 1.165) is 12.8 Å². The molecule has 0 aliphatic rings. The molecule has 24 heavy (non-hydrogen) atoms. The van der Waals surface area contributed by atoms with Gasteiger partial charge in [0.25, 0.3) is 0 Å². The summed E-state index contributed by atoms with van der Waals surface area (Å²) in [6.45, 7) is 4.50. The summed E-state index contributed by atoms with van der Waals surface area (Å²) in [6.07, 6.45) is 2.09. The van der Waals surface area contributed by atoms with Crippen molar-refractivity contribution in [2.24, 2.45) is 0 Å². The van der Waals surface area contributed by atoms with Gasteiger partial charge in [0.1, 0.15) is 0 Å². The Labute approximate surface area is 145 Å². The Morgan fingerprint density at radius 2 is 1.33 bits per heavy atom. The Bertz CT molecular complexity index is 811. The van der Waals surface area contributed by atoms with Crippen molar-refractivity contribution in [3.05, 3.63) is 102 Å². The molecule has 0 aliphatic carbocycles. The molecular formula is C24H24. The predicted octanol–water partition coefficient (Wildman–Crippen LogP) is 6.78. The van der Waals surface area contributed by atoms with Crippen LogP contribution in [0.15, 0.2) is 90.5 Å². The SMILES string of the molecule is CC/C(Cc1cccc(-c2ccccc2)c1)=C(/C)c1ccccc1. The molecule has 0 saturated heterocycles. The average molecular weight is 312 g/mol. The Kier molecular flexibility index (Phi) is 5.28. The molecule has 0 amide bonds. The van der Waals surface area contributed by atoms with Crippen molar-refractivity contribution >= 4 is 5.57 Å². The number of allylic oxidation sites excluding steroid dienone is 2. The Morgan fingerprint density at radius 3 is 2.00 bits per heavy atom. The second-order valence-corrected chi connectivity index (χ2v) is 6.19. The van der Waals surface area contributed by atoms with Crippen LogP contribution in [-0.2, 0) is 6.42 Å². The highest BCUT2D eigenvalue weighted by Crippen LogP contribution is 2.26. The predicted molar refractivity (Wildman–Crippen MR) is 105 cm³/mol. The summed E-state index contributed by atoms with van der Waals surface area (Å²) in [5, 5.41) is 0. The molecule has 0 radical (unpaired) electrons. The van der Waals surface area contributed by atoms with Gasteiger partial charge in [-0.05, 0) is 47.6 Å². The van der Waals surface area contributed by atoms with E-state index >= 15 is 0 Å². The third-order valence-electron chi connectivity index (χ3n) is 4.62. The van der Waals surface area contributed by atoms with Crippen LogP contribution in [0.5, 0.6) is 0 Å². The van der Waals surface area contributed by atoms with Crippen molar-refractivity contribution in [3.63, 3.8) is 0 Å². The lowest BCUT2D eigenvalue weighted by Gasteiger charge is -2.12. The van der Waals surface area contributed by atoms with Crippen LogP contribution in [0.2, 0.25) is 0 Å². The molecule has 0 heterocycles. The summed E-state index contributed by atoms with van der Waals surface area (Å²) in [5.74, 6) is 0. The van der Waals surface area contributed by atoms with Crippen molar-refractivity contribution in [1.29, 1.82) is 0 Å². The standard InChI is InChI=1S/C24H24/c1-3-21(19(2)22-12-6-4-7-13-22)17-20-11-10-16-24(18-20)23-14-8-5-9-15-23/h4-16,18H,3,17H2,1-2H3/b21-19+. The summed E-state index contributed by atoms with van der Waals surface area (Å²) in [6, 6.07) is 30.2. The first-order chi connectivity index (χ1) is 11.8. The molecule has 0 fully saturated rings. The van der Waals surface area contributed by atoms with Gasteiger partial charge < -0.3 is 0 Å². The molecule has 3 aromatic rings. The molecule has 0 aromatic heterocycles. The maximum Gasteiger partial charge on any atom is -0.00611 e. The average Bonchev–Trinajstić information content (AvgIpc) is 2.67. The first-order valence-corrected chi connectivity index (χ1v) is 8.66. The highest BCUT2D eigenvalue weighted by molar-refractivity contribution is 5.68. The topological polar surface area (TPSA) is 0 Å². The maximum atomic E-state index is 2.32. The molecule has 0 bridgehead atoms. The van der Waals surface area contributed by atoms with Gasteiger partial charge in [0.2, 0.25) is 0 Å². The van der Waals surface area contributed by atoms with E-state index in [4.69, 9.17) is 0 Å². The normalized spacial score (nSPS) is 11.9. The molecule has 0 N–H and O–H groups in total. The summed E-state index contributed by atoms with van der Waals surface area (Å²) in [5.41, 5.74) is 8.19.